The highest BCUT2D eigenvalue weighted by molar-refractivity contribution is 5.42. The second-order valence-corrected chi connectivity index (χ2v) is 6.95. The van der Waals surface area contributed by atoms with Crippen molar-refractivity contribution in [2.24, 2.45) is 5.41 Å². The Labute approximate surface area is 144 Å². The van der Waals surface area contributed by atoms with Crippen LogP contribution in [0.4, 0.5) is 5.82 Å². The second kappa shape index (κ2) is 7.75. The molecule has 128 valence electrons. The zero-order valence-corrected chi connectivity index (χ0v) is 14.5. The van der Waals surface area contributed by atoms with E-state index in [1.54, 1.807) is 12.4 Å². The molecule has 1 aromatic carbocycles. The Bertz CT molecular complexity index is 636. The lowest BCUT2D eigenvalue weighted by molar-refractivity contribution is 0.0848. The summed E-state index contributed by atoms with van der Waals surface area (Å²) in [5, 5.41) is 10.0. The van der Waals surface area contributed by atoms with Crippen molar-refractivity contribution in [1.29, 1.82) is 0 Å². The Morgan fingerprint density at radius 1 is 1.08 bits per heavy atom. The van der Waals surface area contributed by atoms with E-state index in [-0.39, 0.29) is 12.0 Å². The molecule has 0 bridgehead atoms. The van der Waals surface area contributed by atoms with Gasteiger partial charge in [-0.3, -0.25) is 4.98 Å². The molecule has 1 aromatic heterocycles. The van der Waals surface area contributed by atoms with Crippen LogP contribution in [0.5, 0.6) is 0 Å². The maximum Gasteiger partial charge on any atom is 0.150 e. The third-order valence-electron chi connectivity index (χ3n) is 5.33. The van der Waals surface area contributed by atoms with E-state index in [2.05, 4.69) is 45.2 Å². The maximum absolute atomic E-state index is 10.0. The minimum absolute atomic E-state index is 0.0708. The largest absolute Gasteiger partial charge is 0.396 e. The summed E-state index contributed by atoms with van der Waals surface area (Å²) in [4.78, 5) is 11.1. The highest BCUT2D eigenvalue weighted by Gasteiger charge is 2.34. The Morgan fingerprint density at radius 2 is 1.79 bits per heavy atom. The van der Waals surface area contributed by atoms with E-state index >= 15 is 0 Å². The first-order chi connectivity index (χ1) is 11.7. The van der Waals surface area contributed by atoms with Crippen LogP contribution in [0.3, 0.4) is 0 Å². The number of benzene rings is 1. The van der Waals surface area contributed by atoms with Crippen molar-refractivity contribution in [3.05, 3.63) is 54.0 Å². The van der Waals surface area contributed by atoms with Gasteiger partial charge in [-0.05, 0) is 50.0 Å². The number of piperidine rings is 1. The first kappa shape index (κ1) is 16.9. The summed E-state index contributed by atoms with van der Waals surface area (Å²) >= 11 is 0. The van der Waals surface area contributed by atoms with Gasteiger partial charge in [0.1, 0.15) is 5.82 Å². The molecule has 1 aliphatic rings. The van der Waals surface area contributed by atoms with Crippen LogP contribution < -0.4 is 4.90 Å². The molecule has 4 nitrogen and oxygen atoms in total. The van der Waals surface area contributed by atoms with E-state index in [0.29, 0.717) is 0 Å². The smallest absolute Gasteiger partial charge is 0.150 e. The number of aliphatic hydroxyl groups excluding tert-OH is 1. The maximum atomic E-state index is 10.0. The van der Waals surface area contributed by atoms with Gasteiger partial charge in [0.05, 0.1) is 5.69 Å². The normalized spacial score (nSPS) is 17.0. The Kier molecular flexibility index (Phi) is 5.46. The van der Waals surface area contributed by atoms with Crippen LogP contribution in [0.2, 0.25) is 0 Å². The summed E-state index contributed by atoms with van der Waals surface area (Å²) in [5.74, 6) is 0.994. The summed E-state index contributed by atoms with van der Waals surface area (Å²) in [7, 11) is 0. The Morgan fingerprint density at radius 3 is 2.46 bits per heavy atom. The molecule has 1 saturated heterocycles. The van der Waals surface area contributed by atoms with Crippen LogP contribution in [0, 0.1) is 12.3 Å². The summed E-state index contributed by atoms with van der Waals surface area (Å²) < 4.78 is 0. The number of anilines is 1. The van der Waals surface area contributed by atoms with Crippen LogP contribution >= 0.6 is 0 Å². The number of hydrogen-bond acceptors (Lipinski definition) is 4. The van der Waals surface area contributed by atoms with Crippen molar-refractivity contribution in [2.45, 2.75) is 39.0 Å². The quantitative estimate of drug-likeness (QED) is 0.884. The van der Waals surface area contributed by atoms with Crippen molar-refractivity contribution in [3.8, 4) is 0 Å². The van der Waals surface area contributed by atoms with Crippen molar-refractivity contribution >= 4 is 5.82 Å². The lowest BCUT2D eigenvalue weighted by Crippen LogP contribution is -2.42. The van der Waals surface area contributed by atoms with Crippen molar-refractivity contribution in [2.75, 3.05) is 24.6 Å². The zero-order valence-electron chi connectivity index (χ0n) is 14.5. The Balaban J connectivity index is 1.55. The molecular weight excluding hydrogens is 298 g/mol. The molecule has 1 N–H and O–H groups in total. The van der Waals surface area contributed by atoms with E-state index in [1.165, 1.54) is 5.56 Å². The van der Waals surface area contributed by atoms with Gasteiger partial charge < -0.3 is 10.0 Å². The highest BCUT2D eigenvalue weighted by atomic mass is 16.3. The first-order valence-corrected chi connectivity index (χ1v) is 8.90. The van der Waals surface area contributed by atoms with Gasteiger partial charge in [-0.2, -0.15) is 0 Å². The number of nitrogens with zero attached hydrogens (tertiary/aromatic N) is 3. The third kappa shape index (κ3) is 3.93. The third-order valence-corrected chi connectivity index (χ3v) is 5.33. The number of aliphatic hydroxyl groups is 1. The molecule has 0 radical (unpaired) electrons. The molecule has 0 atom stereocenters. The zero-order chi connectivity index (χ0) is 16.8. The van der Waals surface area contributed by atoms with Crippen LogP contribution in [0.15, 0.2) is 42.7 Å². The fourth-order valence-electron chi connectivity index (χ4n) is 3.70. The molecule has 0 spiro atoms. The molecule has 0 unspecified atom stereocenters. The highest BCUT2D eigenvalue weighted by Crippen LogP contribution is 2.37. The van der Waals surface area contributed by atoms with Gasteiger partial charge in [0.15, 0.2) is 0 Å². The van der Waals surface area contributed by atoms with Crippen molar-refractivity contribution < 1.29 is 5.11 Å². The topological polar surface area (TPSA) is 49.2 Å². The van der Waals surface area contributed by atoms with Gasteiger partial charge in [0.2, 0.25) is 0 Å². The molecule has 0 saturated carbocycles. The summed E-state index contributed by atoms with van der Waals surface area (Å²) in [6.45, 7) is 4.20. The van der Waals surface area contributed by atoms with E-state index < -0.39 is 0 Å². The van der Waals surface area contributed by atoms with Gasteiger partial charge in [-0.15, -0.1) is 0 Å². The lowest BCUT2D eigenvalue weighted by atomic mass is 9.75. The number of rotatable bonds is 6. The van der Waals surface area contributed by atoms with Gasteiger partial charge in [-0.1, -0.05) is 30.3 Å². The Hall–Kier alpha value is -1.94. The monoisotopic (exact) mass is 325 g/mol. The summed E-state index contributed by atoms with van der Waals surface area (Å²) in [5.41, 5.74) is 2.44. The molecule has 24 heavy (non-hydrogen) atoms. The molecular formula is C20H27N3O. The number of aryl methyl sites for hydroxylation is 2. The SMILES string of the molecule is Cc1nccnc1N1CCC(CO)(CCCc2ccccc2)CC1. The minimum Gasteiger partial charge on any atom is -0.396 e. The molecule has 3 rings (SSSR count). The van der Waals surface area contributed by atoms with Gasteiger partial charge in [0, 0.05) is 32.1 Å². The first-order valence-electron chi connectivity index (χ1n) is 8.90. The summed E-state index contributed by atoms with van der Waals surface area (Å²) in [6.07, 6.45) is 8.86. The molecule has 1 fully saturated rings. The average molecular weight is 325 g/mol. The van der Waals surface area contributed by atoms with E-state index in [1.807, 2.05) is 6.92 Å². The summed E-state index contributed by atoms with van der Waals surface area (Å²) in [6, 6.07) is 10.6. The second-order valence-electron chi connectivity index (χ2n) is 6.95. The lowest BCUT2D eigenvalue weighted by Gasteiger charge is -2.41. The number of hydrogen-bond donors (Lipinski definition) is 1. The molecule has 0 amide bonds. The van der Waals surface area contributed by atoms with Crippen LogP contribution in [0.25, 0.3) is 0 Å². The molecule has 1 aliphatic heterocycles. The molecule has 4 heteroatoms. The van der Waals surface area contributed by atoms with Crippen LogP contribution in [0.1, 0.15) is 36.9 Å². The van der Waals surface area contributed by atoms with Crippen molar-refractivity contribution in [1.82, 2.24) is 9.97 Å². The predicted molar refractivity (Wildman–Crippen MR) is 97.1 cm³/mol. The van der Waals surface area contributed by atoms with Crippen LogP contribution in [-0.2, 0) is 6.42 Å². The fraction of sp³-hybridized carbons (Fsp3) is 0.500. The van der Waals surface area contributed by atoms with E-state index in [0.717, 1.165) is 56.7 Å². The van der Waals surface area contributed by atoms with Crippen molar-refractivity contribution in [3.63, 3.8) is 0 Å². The molecule has 2 aromatic rings. The van der Waals surface area contributed by atoms with E-state index in [9.17, 15) is 5.11 Å². The van der Waals surface area contributed by atoms with Crippen LogP contribution in [-0.4, -0.2) is 34.8 Å². The van der Waals surface area contributed by atoms with Gasteiger partial charge >= 0.3 is 0 Å². The fourth-order valence-corrected chi connectivity index (χ4v) is 3.70. The average Bonchev–Trinajstić information content (AvgIpc) is 2.64. The standard InChI is InChI=1S/C20H27N3O/c1-17-19(22-13-12-21-17)23-14-10-20(16-24,11-15-23)9-5-8-18-6-3-2-4-7-18/h2-4,6-7,12-13,24H,5,8-11,14-16H2,1H3. The number of aromatic nitrogens is 2. The predicted octanol–water partition coefficient (Wildman–Crippen LogP) is 3.39. The van der Waals surface area contributed by atoms with Gasteiger partial charge in [-0.25, -0.2) is 4.98 Å². The molecule has 0 aliphatic carbocycles. The van der Waals surface area contributed by atoms with E-state index in [4.69, 9.17) is 0 Å². The minimum atomic E-state index is 0.0708. The molecule has 2 heterocycles. The van der Waals surface area contributed by atoms with Gasteiger partial charge in [0.25, 0.3) is 0 Å².